The topological polar surface area (TPSA) is 40.6 Å². The molecule has 0 spiro atoms. The Balaban J connectivity index is 1.73. The van der Waals surface area contributed by atoms with E-state index in [0.29, 0.717) is 17.9 Å². The number of halogens is 1. The van der Waals surface area contributed by atoms with Crippen LogP contribution in [0.15, 0.2) is 57.9 Å². The van der Waals surface area contributed by atoms with E-state index in [2.05, 4.69) is 15.9 Å². The number of anilines is 1. The van der Waals surface area contributed by atoms with Gasteiger partial charge in [0.15, 0.2) is 0 Å². The summed E-state index contributed by atoms with van der Waals surface area (Å²) in [5.74, 6) is -0.219. The maximum atomic E-state index is 12.6. The molecule has 1 saturated heterocycles. The van der Waals surface area contributed by atoms with Gasteiger partial charge in [0.25, 0.3) is 11.1 Å². The Bertz CT molecular complexity index is 865. The number of carbonyl (C=O) groups is 2. The quantitative estimate of drug-likeness (QED) is 0.639. The van der Waals surface area contributed by atoms with Gasteiger partial charge in [-0.2, -0.15) is 0 Å². The summed E-state index contributed by atoms with van der Waals surface area (Å²) >= 11 is 4.55. The predicted molar refractivity (Wildman–Crippen MR) is 111 cm³/mol. The summed E-state index contributed by atoms with van der Waals surface area (Å²) in [6.07, 6.45) is 2.44. The molecule has 0 aromatic heterocycles. The van der Waals surface area contributed by atoms with E-state index in [1.54, 1.807) is 6.08 Å². The standard InChI is InChI=1S/C20H19BrN2O2S/c1-22(2)17-9-8-15(12-16(17)21)13-18-19(24)23(20(25)26-18)11-10-14-6-4-3-5-7-14/h3-9,12-13H,10-11H2,1-2H3/b18-13-. The summed E-state index contributed by atoms with van der Waals surface area (Å²) in [6, 6.07) is 15.7. The third kappa shape index (κ3) is 4.19. The molecular weight excluding hydrogens is 412 g/mol. The summed E-state index contributed by atoms with van der Waals surface area (Å²) in [4.78, 5) is 28.6. The van der Waals surface area contributed by atoms with Gasteiger partial charge in [-0.05, 0) is 63.4 Å². The number of rotatable bonds is 5. The van der Waals surface area contributed by atoms with E-state index in [1.165, 1.54) is 4.90 Å². The Labute approximate surface area is 166 Å². The van der Waals surface area contributed by atoms with Crippen molar-refractivity contribution in [2.45, 2.75) is 6.42 Å². The molecule has 0 N–H and O–H groups in total. The SMILES string of the molecule is CN(C)c1ccc(/C=C2\SC(=O)N(CCc3ccccc3)C2=O)cc1Br. The lowest BCUT2D eigenvalue weighted by molar-refractivity contribution is -0.122. The lowest BCUT2D eigenvalue weighted by atomic mass is 10.1. The third-order valence-electron chi connectivity index (χ3n) is 4.09. The highest BCUT2D eigenvalue weighted by molar-refractivity contribution is 9.10. The highest BCUT2D eigenvalue weighted by atomic mass is 79.9. The van der Waals surface area contributed by atoms with Gasteiger partial charge >= 0.3 is 0 Å². The van der Waals surface area contributed by atoms with Crippen LogP contribution in [0.2, 0.25) is 0 Å². The molecule has 0 aliphatic carbocycles. The molecule has 1 fully saturated rings. The van der Waals surface area contributed by atoms with Gasteiger partial charge in [0.1, 0.15) is 0 Å². The van der Waals surface area contributed by atoms with Gasteiger partial charge in [-0.15, -0.1) is 0 Å². The van der Waals surface area contributed by atoms with Crippen molar-refractivity contribution in [1.82, 2.24) is 4.90 Å². The molecule has 0 saturated carbocycles. The van der Waals surface area contributed by atoms with Gasteiger partial charge in [0.05, 0.1) is 10.6 Å². The van der Waals surface area contributed by atoms with E-state index < -0.39 is 0 Å². The van der Waals surface area contributed by atoms with Crippen molar-refractivity contribution < 1.29 is 9.59 Å². The highest BCUT2D eigenvalue weighted by Gasteiger charge is 2.34. The van der Waals surface area contributed by atoms with Gasteiger partial charge in [-0.25, -0.2) is 0 Å². The lowest BCUT2D eigenvalue weighted by Crippen LogP contribution is -2.30. The average molecular weight is 431 g/mol. The predicted octanol–water partition coefficient (Wildman–Crippen LogP) is 4.79. The first kappa shape index (κ1) is 18.7. The number of imide groups is 1. The number of carbonyl (C=O) groups excluding carboxylic acids is 2. The van der Waals surface area contributed by atoms with E-state index in [4.69, 9.17) is 0 Å². The minimum atomic E-state index is -0.219. The van der Waals surface area contributed by atoms with E-state index in [0.717, 1.165) is 33.0 Å². The molecule has 0 radical (unpaired) electrons. The number of nitrogens with zero attached hydrogens (tertiary/aromatic N) is 2. The van der Waals surface area contributed by atoms with Crippen molar-refractivity contribution in [3.05, 3.63) is 69.0 Å². The molecule has 0 atom stereocenters. The number of hydrogen-bond acceptors (Lipinski definition) is 4. The van der Waals surface area contributed by atoms with Crippen LogP contribution in [0.3, 0.4) is 0 Å². The van der Waals surface area contributed by atoms with Crippen LogP contribution in [0.4, 0.5) is 10.5 Å². The summed E-state index contributed by atoms with van der Waals surface area (Å²) in [5.41, 5.74) is 3.05. The fourth-order valence-electron chi connectivity index (χ4n) is 2.71. The van der Waals surface area contributed by atoms with Crippen LogP contribution in [0.25, 0.3) is 6.08 Å². The van der Waals surface area contributed by atoms with Crippen LogP contribution in [0.1, 0.15) is 11.1 Å². The molecule has 1 aliphatic rings. The van der Waals surface area contributed by atoms with Crippen LogP contribution in [-0.4, -0.2) is 36.7 Å². The maximum Gasteiger partial charge on any atom is 0.293 e. The zero-order valence-corrected chi connectivity index (χ0v) is 17.0. The molecule has 134 valence electrons. The fourth-order valence-corrected chi connectivity index (χ4v) is 4.32. The molecule has 4 nitrogen and oxygen atoms in total. The fraction of sp³-hybridized carbons (Fsp3) is 0.200. The van der Waals surface area contributed by atoms with E-state index in [9.17, 15) is 9.59 Å². The van der Waals surface area contributed by atoms with Gasteiger partial charge in [0.2, 0.25) is 0 Å². The first-order valence-electron chi connectivity index (χ1n) is 8.22. The normalized spacial score (nSPS) is 15.8. The monoisotopic (exact) mass is 430 g/mol. The maximum absolute atomic E-state index is 12.6. The molecule has 6 heteroatoms. The van der Waals surface area contributed by atoms with Crippen LogP contribution in [-0.2, 0) is 11.2 Å². The van der Waals surface area contributed by atoms with Crippen molar-refractivity contribution in [1.29, 1.82) is 0 Å². The molecule has 1 heterocycles. The summed E-state index contributed by atoms with van der Waals surface area (Å²) in [7, 11) is 3.94. The zero-order valence-electron chi connectivity index (χ0n) is 14.6. The number of amides is 2. The molecule has 0 bridgehead atoms. The van der Waals surface area contributed by atoms with Crippen molar-refractivity contribution in [3.8, 4) is 0 Å². The minimum Gasteiger partial charge on any atom is -0.377 e. The van der Waals surface area contributed by atoms with Crippen LogP contribution < -0.4 is 4.90 Å². The molecule has 26 heavy (non-hydrogen) atoms. The molecule has 2 aromatic carbocycles. The Morgan fingerprint density at radius 3 is 2.50 bits per heavy atom. The lowest BCUT2D eigenvalue weighted by Gasteiger charge is -2.14. The first-order chi connectivity index (χ1) is 12.5. The van der Waals surface area contributed by atoms with E-state index in [-0.39, 0.29) is 11.1 Å². The molecule has 0 unspecified atom stereocenters. The Kier molecular flexibility index (Phi) is 5.84. The second kappa shape index (κ2) is 8.10. The highest BCUT2D eigenvalue weighted by Crippen LogP contribution is 2.33. The van der Waals surface area contributed by atoms with Gasteiger partial charge in [-0.3, -0.25) is 14.5 Å². The average Bonchev–Trinajstić information content (AvgIpc) is 2.87. The molecule has 3 rings (SSSR count). The Morgan fingerprint density at radius 2 is 1.85 bits per heavy atom. The van der Waals surface area contributed by atoms with Crippen molar-refractivity contribution in [3.63, 3.8) is 0 Å². The van der Waals surface area contributed by atoms with Crippen LogP contribution in [0, 0.1) is 0 Å². The van der Waals surface area contributed by atoms with E-state index >= 15 is 0 Å². The van der Waals surface area contributed by atoms with Gasteiger partial charge in [-0.1, -0.05) is 36.4 Å². The first-order valence-corrected chi connectivity index (χ1v) is 9.83. The smallest absolute Gasteiger partial charge is 0.293 e. The second-order valence-electron chi connectivity index (χ2n) is 6.17. The zero-order chi connectivity index (χ0) is 18.7. The second-order valence-corrected chi connectivity index (χ2v) is 8.02. The largest absolute Gasteiger partial charge is 0.377 e. The minimum absolute atomic E-state index is 0.207. The summed E-state index contributed by atoms with van der Waals surface area (Å²) in [5, 5.41) is -0.207. The molecule has 1 aliphatic heterocycles. The number of benzene rings is 2. The van der Waals surface area contributed by atoms with E-state index in [1.807, 2.05) is 67.5 Å². The summed E-state index contributed by atoms with van der Waals surface area (Å²) < 4.78 is 0.944. The molecular formula is C20H19BrN2O2S. The van der Waals surface area contributed by atoms with Crippen molar-refractivity contribution in [2.24, 2.45) is 0 Å². The number of thioether (sulfide) groups is 1. The van der Waals surface area contributed by atoms with Crippen LogP contribution >= 0.6 is 27.7 Å². The third-order valence-corrected chi connectivity index (χ3v) is 5.63. The van der Waals surface area contributed by atoms with Crippen LogP contribution in [0.5, 0.6) is 0 Å². The van der Waals surface area contributed by atoms with Gasteiger partial charge < -0.3 is 4.90 Å². The number of hydrogen-bond donors (Lipinski definition) is 0. The van der Waals surface area contributed by atoms with Crippen molar-refractivity contribution >= 4 is 50.6 Å². The molecule has 2 aromatic rings. The Hall–Kier alpha value is -2.05. The van der Waals surface area contributed by atoms with Gasteiger partial charge in [0, 0.05) is 25.1 Å². The Morgan fingerprint density at radius 1 is 1.12 bits per heavy atom. The summed E-state index contributed by atoms with van der Waals surface area (Å²) in [6.45, 7) is 0.398. The molecule has 2 amide bonds. The van der Waals surface area contributed by atoms with Crippen molar-refractivity contribution in [2.75, 3.05) is 25.5 Å².